The van der Waals surface area contributed by atoms with Gasteiger partial charge in [-0.1, -0.05) is 19.9 Å². The van der Waals surface area contributed by atoms with E-state index in [1.807, 2.05) is 7.05 Å². The molecule has 1 aromatic carbocycles. The number of hydrogen-bond donors (Lipinski definition) is 1. The zero-order valence-electron chi connectivity index (χ0n) is 12.9. The van der Waals surface area contributed by atoms with Crippen LogP contribution in [-0.2, 0) is 0 Å². The van der Waals surface area contributed by atoms with Crippen molar-refractivity contribution in [3.8, 4) is 0 Å². The van der Waals surface area contributed by atoms with E-state index in [2.05, 4.69) is 76.9 Å². The molecule has 0 bridgehead atoms. The normalized spacial score (nSPS) is 20.6. The van der Waals surface area contributed by atoms with Crippen LogP contribution >= 0.6 is 27.7 Å². The first-order valence-electron chi connectivity index (χ1n) is 7.28. The summed E-state index contributed by atoms with van der Waals surface area (Å²) in [5.74, 6) is 1.20. The predicted molar refractivity (Wildman–Crippen MR) is 95.0 cm³/mol. The Morgan fingerprint density at radius 2 is 2.10 bits per heavy atom. The molecule has 1 atom stereocenters. The smallest absolute Gasteiger partial charge is 0.0511 e. The van der Waals surface area contributed by atoms with Crippen LogP contribution in [0.5, 0.6) is 0 Å². The Labute approximate surface area is 135 Å². The number of thioether (sulfide) groups is 1. The Bertz CT molecular complexity index is 462. The zero-order chi connectivity index (χ0) is 14.8. The first-order chi connectivity index (χ1) is 9.43. The number of hydrogen-bond acceptors (Lipinski definition) is 3. The standard InChI is InChI=1S/C16H25BrN2S/c1-12(18-4)13-5-6-15(14(17)11-13)19-8-7-16(2,3)20-10-9-19/h5-6,11-12,18H,7-10H2,1-4H3. The highest BCUT2D eigenvalue weighted by atomic mass is 79.9. The molecule has 0 amide bonds. The molecule has 0 spiro atoms. The third kappa shape index (κ3) is 3.92. The van der Waals surface area contributed by atoms with E-state index < -0.39 is 0 Å². The fourth-order valence-electron chi connectivity index (χ4n) is 2.48. The van der Waals surface area contributed by atoms with Crippen LogP contribution in [-0.4, -0.2) is 30.6 Å². The van der Waals surface area contributed by atoms with Crippen LogP contribution in [0.4, 0.5) is 5.69 Å². The second-order valence-electron chi connectivity index (χ2n) is 6.07. The Hall–Kier alpha value is -0.190. The molecule has 112 valence electrons. The minimum absolute atomic E-state index is 0.388. The Kier molecular flexibility index (Phi) is 5.43. The first-order valence-corrected chi connectivity index (χ1v) is 9.06. The molecule has 1 N–H and O–H groups in total. The van der Waals surface area contributed by atoms with Crippen LogP contribution < -0.4 is 10.2 Å². The van der Waals surface area contributed by atoms with Crippen LogP contribution in [0.15, 0.2) is 22.7 Å². The minimum atomic E-state index is 0.388. The maximum Gasteiger partial charge on any atom is 0.0511 e. The van der Waals surface area contributed by atoms with Crippen molar-refractivity contribution in [3.05, 3.63) is 28.2 Å². The summed E-state index contributed by atoms with van der Waals surface area (Å²) >= 11 is 5.85. The minimum Gasteiger partial charge on any atom is -0.370 e. The summed E-state index contributed by atoms with van der Waals surface area (Å²) in [5.41, 5.74) is 2.66. The van der Waals surface area contributed by atoms with Gasteiger partial charge in [0.2, 0.25) is 0 Å². The van der Waals surface area contributed by atoms with Gasteiger partial charge in [-0.15, -0.1) is 0 Å². The van der Waals surface area contributed by atoms with Crippen LogP contribution in [0.25, 0.3) is 0 Å². The molecule has 0 saturated carbocycles. The SMILES string of the molecule is CNC(C)c1ccc(N2CCSC(C)(C)CC2)c(Br)c1. The van der Waals surface area contributed by atoms with E-state index in [-0.39, 0.29) is 0 Å². The largest absolute Gasteiger partial charge is 0.370 e. The van der Waals surface area contributed by atoms with E-state index in [0.717, 1.165) is 13.1 Å². The van der Waals surface area contributed by atoms with Gasteiger partial charge in [0.15, 0.2) is 0 Å². The maximum absolute atomic E-state index is 3.76. The number of nitrogens with one attached hydrogen (secondary N) is 1. The highest BCUT2D eigenvalue weighted by molar-refractivity contribution is 9.10. The van der Waals surface area contributed by atoms with Crippen molar-refractivity contribution in [2.24, 2.45) is 0 Å². The first kappa shape index (κ1) is 16.2. The third-order valence-electron chi connectivity index (χ3n) is 4.08. The molecule has 1 fully saturated rings. The van der Waals surface area contributed by atoms with Crippen molar-refractivity contribution in [2.45, 2.75) is 38.0 Å². The average Bonchev–Trinajstić information content (AvgIpc) is 2.59. The number of halogens is 1. The molecule has 4 heteroatoms. The second kappa shape index (κ2) is 6.71. The fourth-order valence-corrected chi connectivity index (χ4v) is 4.22. The molecule has 1 aliphatic heterocycles. The van der Waals surface area contributed by atoms with Crippen LogP contribution in [0.3, 0.4) is 0 Å². The molecule has 1 aromatic rings. The summed E-state index contributed by atoms with van der Waals surface area (Å²) in [4.78, 5) is 2.51. The molecule has 2 rings (SSSR count). The Morgan fingerprint density at radius 1 is 1.35 bits per heavy atom. The fraction of sp³-hybridized carbons (Fsp3) is 0.625. The number of rotatable bonds is 3. The predicted octanol–water partition coefficient (Wildman–Crippen LogP) is 4.45. The van der Waals surface area contributed by atoms with Crippen molar-refractivity contribution in [1.82, 2.24) is 5.32 Å². The van der Waals surface area contributed by atoms with Gasteiger partial charge in [-0.25, -0.2) is 0 Å². The molecule has 0 radical (unpaired) electrons. The van der Waals surface area contributed by atoms with E-state index >= 15 is 0 Å². The van der Waals surface area contributed by atoms with Gasteiger partial charge >= 0.3 is 0 Å². The number of benzene rings is 1. The van der Waals surface area contributed by atoms with Gasteiger partial charge in [0.1, 0.15) is 0 Å². The molecule has 1 unspecified atom stereocenters. The molecule has 1 saturated heterocycles. The average molecular weight is 357 g/mol. The molecule has 0 aliphatic carbocycles. The summed E-state index contributed by atoms with van der Waals surface area (Å²) in [7, 11) is 2.00. The van der Waals surface area contributed by atoms with E-state index in [1.165, 1.54) is 27.9 Å². The molecule has 0 aromatic heterocycles. The number of nitrogens with zero attached hydrogens (tertiary/aromatic N) is 1. The third-order valence-corrected chi connectivity index (χ3v) is 6.09. The van der Waals surface area contributed by atoms with Gasteiger partial charge < -0.3 is 10.2 Å². The number of anilines is 1. The zero-order valence-corrected chi connectivity index (χ0v) is 15.3. The molecule has 1 aliphatic rings. The summed E-state index contributed by atoms with van der Waals surface area (Å²) in [6, 6.07) is 7.14. The van der Waals surface area contributed by atoms with Crippen molar-refractivity contribution >= 4 is 33.4 Å². The summed E-state index contributed by atoms with van der Waals surface area (Å²) < 4.78 is 1.61. The van der Waals surface area contributed by atoms with Crippen molar-refractivity contribution in [1.29, 1.82) is 0 Å². The lowest BCUT2D eigenvalue weighted by Crippen LogP contribution is -2.27. The van der Waals surface area contributed by atoms with Gasteiger partial charge in [0.25, 0.3) is 0 Å². The van der Waals surface area contributed by atoms with Gasteiger partial charge in [0, 0.05) is 34.1 Å². The van der Waals surface area contributed by atoms with E-state index in [4.69, 9.17) is 0 Å². The molecule has 2 nitrogen and oxygen atoms in total. The van der Waals surface area contributed by atoms with Gasteiger partial charge in [-0.2, -0.15) is 11.8 Å². The molecular formula is C16H25BrN2S. The lowest BCUT2D eigenvalue weighted by molar-refractivity contribution is 0.636. The van der Waals surface area contributed by atoms with Gasteiger partial charge in [0.05, 0.1) is 5.69 Å². The molecule has 1 heterocycles. The lowest BCUT2D eigenvalue weighted by atomic mass is 10.1. The van der Waals surface area contributed by atoms with Gasteiger partial charge in [-0.05, 0) is 54.0 Å². The summed E-state index contributed by atoms with van der Waals surface area (Å²) in [5, 5.41) is 3.29. The monoisotopic (exact) mass is 356 g/mol. The van der Waals surface area contributed by atoms with Crippen LogP contribution in [0.1, 0.15) is 38.8 Å². The van der Waals surface area contributed by atoms with Crippen molar-refractivity contribution < 1.29 is 0 Å². The van der Waals surface area contributed by atoms with E-state index in [9.17, 15) is 0 Å². The second-order valence-corrected chi connectivity index (χ2v) is 8.72. The Morgan fingerprint density at radius 3 is 2.75 bits per heavy atom. The molecular weight excluding hydrogens is 332 g/mol. The lowest BCUT2D eigenvalue weighted by Gasteiger charge is -2.26. The highest BCUT2D eigenvalue weighted by Gasteiger charge is 2.24. The maximum atomic E-state index is 3.76. The Balaban J connectivity index is 2.16. The highest BCUT2D eigenvalue weighted by Crippen LogP contribution is 2.35. The quantitative estimate of drug-likeness (QED) is 0.860. The van der Waals surface area contributed by atoms with E-state index in [1.54, 1.807) is 0 Å². The topological polar surface area (TPSA) is 15.3 Å². The van der Waals surface area contributed by atoms with E-state index in [0.29, 0.717) is 10.8 Å². The summed E-state index contributed by atoms with van der Waals surface area (Å²) in [6.45, 7) is 9.17. The van der Waals surface area contributed by atoms with Crippen molar-refractivity contribution in [2.75, 3.05) is 30.8 Å². The van der Waals surface area contributed by atoms with Crippen molar-refractivity contribution in [3.63, 3.8) is 0 Å². The van der Waals surface area contributed by atoms with Gasteiger partial charge in [-0.3, -0.25) is 0 Å². The van der Waals surface area contributed by atoms with Crippen LogP contribution in [0.2, 0.25) is 0 Å². The van der Waals surface area contributed by atoms with Crippen LogP contribution in [0, 0.1) is 0 Å². The molecule has 20 heavy (non-hydrogen) atoms. The summed E-state index contributed by atoms with van der Waals surface area (Å²) in [6.07, 6.45) is 1.23.